The molecule has 0 atom stereocenters. The Hall–Kier alpha value is -0.120. The van der Waals surface area contributed by atoms with Crippen molar-refractivity contribution in [1.29, 1.82) is 0 Å². The maximum absolute atomic E-state index is 3.38. The summed E-state index contributed by atoms with van der Waals surface area (Å²) in [6.45, 7) is 18.3. The number of hydrogen-bond donors (Lipinski definition) is 1. The molecule has 3 nitrogen and oxygen atoms in total. The molecular weight excluding hydrogens is 210 g/mol. The number of nitrogens with zero attached hydrogens (tertiary/aromatic N) is 2. The summed E-state index contributed by atoms with van der Waals surface area (Å²) in [6, 6.07) is 0. The van der Waals surface area contributed by atoms with Crippen LogP contribution in [0.1, 0.15) is 41.0 Å². The lowest BCUT2D eigenvalue weighted by Gasteiger charge is -2.32. The molecule has 0 heterocycles. The van der Waals surface area contributed by atoms with Gasteiger partial charge in [0.05, 0.1) is 0 Å². The topological polar surface area (TPSA) is 18.5 Å². The maximum atomic E-state index is 3.38. The molecule has 0 radical (unpaired) electrons. The predicted molar refractivity (Wildman–Crippen MR) is 77.7 cm³/mol. The third kappa shape index (κ3) is 7.74. The van der Waals surface area contributed by atoms with E-state index in [-0.39, 0.29) is 5.54 Å². The van der Waals surface area contributed by atoms with Crippen molar-refractivity contribution < 1.29 is 0 Å². The fourth-order valence-electron chi connectivity index (χ4n) is 2.04. The van der Waals surface area contributed by atoms with Crippen LogP contribution in [0.3, 0.4) is 0 Å². The first-order valence-electron chi connectivity index (χ1n) is 7.12. The van der Waals surface area contributed by atoms with Gasteiger partial charge in [-0.3, -0.25) is 0 Å². The van der Waals surface area contributed by atoms with Crippen LogP contribution in [0.25, 0.3) is 0 Å². The molecule has 0 aliphatic carbocycles. The Morgan fingerprint density at radius 3 is 1.76 bits per heavy atom. The molecule has 0 rings (SSSR count). The summed E-state index contributed by atoms with van der Waals surface area (Å²) in [6.07, 6.45) is 1.27. The first-order chi connectivity index (χ1) is 7.99. The summed E-state index contributed by atoms with van der Waals surface area (Å²) in [7, 11) is 2.05. The van der Waals surface area contributed by atoms with E-state index in [1.165, 1.54) is 32.6 Å². The minimum absolute atomic E-state index is 0.214. The molecule has 0 aliphatic rings. The smallest absolute Gasteiger partial charge is 0.0249 e. The molecule has 0 bridgehead atoms. The predicted octanol–water partition coefficient (Wildman–Crippen LogP) is 2.04. The molecule has 0 aromatic heterocycles. The SMILES string of the molecule is CCN(CC)CCCN(CC)CC(C)(C)NC. The van der Waals surface area contributed by atoms with E-state index < -0.39 is 0 Å². The van der Waals surface area contributed by atoms with E-state index in [9.17, 15) is 0 Å². The molecule has 104 valence electrons. The van der Waals surface area contributed by atoms with Crippen molar-refractivity contribution in [3.63, 3.8) is 0 Å². The van der Waals surface area contributed by atoms with Gasteiger partial charge in [0.2, 0.25) is 0 Å². The highest BCUT2D eigenvalue weighted by molar-refractivity contribution is 4.79. The number of likely N-dealkylation sites (N-methyl/N-ethyl adjacent to an activating group) is 2. The average Bonchev–Trinajstić information content (AvgIpc) is 2.33. The van der Waals surface area contributed by atoms with Crippen molar-refractivity contribution >= 4 is 0 Å². The van der Waals surface area contributed by atoms with Gasteiger partial charge in [-0.05, 0) is 60.0 Å². The summed E-state index contributed by atoms with van der Waals surface area (Å²) in [4.78, 5) is 5.04. The Labute approximate surface area is 109 Å². The van der Waals surface area contributed by atoms with E-state index in [1.807, 2.05) is 7.05 Å². The summed E-state index contributed by atoms with van der Waals surface area (Å²) in [5, 5.41) is 3.38. The van der Waals surface area contributed by atoms with Crippen LogP contribution in [0.2, 0.25) is 0 Å². The van der Waals surface area contributed by atoms with Crippen LogP contribution >= 0.6 is 0 Å². The monoisotopic (exact) mass is 243 g/mol. The maximum Gasteiger partial charge on any atom is 0.0249 e. The van der Waals surface area contributed by atoms with Gasteiger partial charge in [0.25, 0.3) is 0 Å². The summed E-state index contributed by atoms with van der Waals surface area (Å²) < 4.78 is 0. The van der Waals surface area contributed by atoms with E-state index in [4.69, 9.17) is 0 Å². The minimum atomic E-state index is 0.214. The summed E-state index contributed by atoms with van der Waals surface area (Å²) >= 11 is 0. The Bertz CT molecular complexity index is 176. The Morgan fingerprint density at radius 2 is 1.35 bits per heavy atom. The quantitative estimate of drug-likeness (QED) is 0.633. The second-order valence-corrected chi connectivity index (χ2v) is 5.38. The van der Waals surface area contributed by atoms with Gasteiger partial charge in [0.15, 0.2) is 0 Å². The van der Waals surface area contributed by atoms with Crippen LogP contribution in [0.4, 0.5) is 0 Å². The van der Waals surface area contributed by atoms with E-state index in [0.717, 1.165) is 13.1 Å². The Kier molecular flexibility index (Phi) is 8.83. The molecule has 0 aromatic rings. The first-order valence-corrected chi connectivity index (χ1v) is 7.12. The van der Waals surface area contributed by atoms with Gasteiger partial charge >= 0.3 is 0 Å². The number of hydrogen-bond acceptors (Lipinski definition) is 3. The lowest BCUT2D eigenvalue weighted by Crippen LogP contribution is -2.48. The number of rotatable bonds is 10. The zero-order valence-electron chi connectivity index (χ0n) is 12.8. The molecule has 0 aliphatic heterocycles. The van der Waals surface area contributed by atoms with Gasteiger partial charge in [-0.15, -0.1) is 0 Å². The van der Waals surface area contributed by atoms with Gasteiger partial charge in [0, 0.05) is 12.1 Å². The van der Waals surface area contributed by atoms with Gasteiger partial charge in [-0.25, -0.2) is 0 Å². The second kappa shape index (κ2) is 8.90. The van der Waals surface area contributed by atoms with E-state index in [2.05, 4.69) is 49.7 Å². The first kappa shape index (κ1) is 16.9. The third-order valence-electron chi connectivity index (χ3n) is 3.59. The molecule has 0 saturated carbocycles. The molecule has 0 spiro atoms. The lowest BCUT2D eigenvalue weighted by molar-refractivity contribution is 0.199. The van der Waals surface area contributed by atoms with E-state index in [1.54, 1.807) is 0 Å². The summed E-state index contributed by atoms with van der Waals surface area (Å²) in [5.41, 5.74) is 0.214. The molecule has 0 amide bonds. The molecule has 0 unspecified atom stereocenters. The highest BCUT2D eigenvalue weighted by atomic mass is 15.2. The normalized spacial score (nSPS) is 12.7. The molecule has 0 fully saturated rings. The van der Waals surface area contributed by atoms with Crippen molar-refractivity contribution in [3.05, 3.63) is 0 Å². The van der Waals surface area contributed by atoms with Crippen molar-refractivity contribution in [1.82, 2.24) is 15.1 Å². The zero-order valence-corrected chi connectivity index (χ0v) is 12.8. The average molecular weight is 243 g/mol. The molecule has 0 aromatic carbocycles. The fraction of sp³-hybridized carbons (Fsp3) is 1.00. The third-order valence-corrected chi connectivity index (χ3v) is 3.59. The standard InChI is InChI=1S/C14H33N3/c1-7-16(8-2)11-10-12-17(9-3)13-14(4,5)15-6/h15H,7-13H2,1-6H3. The van der Waals surface area contributed by atoms with Crippen molar-refractivity contribution in [2.45, 2.75) is 46.6 Å². The summed E-state index contributed by atoms with van der Waals surface area (Å²) in [5.74, 6) is 0. The van der Waals surface area contributed by atoms with Crippen molar-refractivity contribution in [3.8, 4) is 0 Å². The van der Waals surface area contributed by atoms with Crippen LogP contribution < -0.4 is 5.32 Å². The van der Waals surface area contributed by atoms with Crippen LogP contribution in [-0.2, 0) is 0 Å². The highest BCUT2D eigenvalue weighted by Crippen LogP contribution is 2.05. The highest BCUT2D eigenvalue weighted by Gasteiger charge is 2.18. The molecule has 17 heavy (non-hydrogen) atoms. The molecule has 0 saturated heterocycles. The molecule has 3 heteroatoms. The minimum Gasteiger partial charge on any atom is -0.314 e. The Balaban J connectivity index is 3.90. The fourth-order valence-corrected chi connectivity index (χ4v) is 2.04. The van der Waals surface area contributed by atoms with Gasteiger partial charge in [-0.1, -0.05) is 20.8 Å². The van der Waals surface area contributed by atoms with E-state index in [0.29, 0.717) is 0 Å². The largest absolute Gasteiger partial charge is 0.314 e. The Morgan fingerprint density at radius 1 is 0.882 bits per heavy atom. The zero-order chi connectivity index (χ0) is 13.3. The van der Waals surface area contributed by atoms with Crippen molar-refractivity contribution in [2.24, 2.45) is 0 Å². The molecular formula is C14H33N3. The lowest BCUT2D eigenvalue weighted by atomic mass is 10.1. The van der Waals surface area contributed by atoms with Crippen LogP contribution in [0.15, 0.2) is 0 Å². The molecule has 1 N–H and O–H groups in total. The van der Waals surface area contributed by atoms with Crippen molar-refractivity contribution in [2.75, 3.05) is 46.3 Å². The second-order valence-electron chi connectivity index (χ2n) is 5.38. The van der Waals surface area contributed by atoms with Gasteiger partial charge in [0.1, 0.15) is 0 Å². The number of nitrogens with one attached hydrogen (secondary N) is 1. The van der Waals surface area contributed by atoms with Gasteiger partial charge in [-0.2, -0.15) is 0 Å². The van der Waals surface area contributed by atoms with E-state index >= 15 is 0 Å². The van der Waals surface area contributed by atoms with Crippen LogP contribution in [-0.4, -0.2) is 61.7 Å². The van der Waals surface area contributed by atoms with Crippen LogP contribution in [0.5, 0.6) is 0 Å². The van der Waals surface area contributed by atoms with Crippen LogP contribution in [0, 0.1) is 0 Å². The van der Waals surface area contributed by atoms with Gasteiger partial charge < -0.3 is 15.1 Å².